The molecule has 0 radical (unpaired) electrons. The number of hydrogen-bond acceptors (Lipinski definition) is 3. The molecule has 0 atom stereocenters. The highest BCUT2D eigenvalue weighted by atomic mass is 16.5. The van der Waals surface area contributed by atoms with Crippen molar-refractivity contribution >= 4 is 5.91 Å². The standard InChI is InChI=1S/C14H28N2O2/c1-2-18-10-6-7-13(17)16-12-14(11-15)8-4-3-5-9-14/h2-12,15H2,1H3,(H,16,17). The van der Waals surface area contributed by atoms with Crippen molar-refractivity contribution in [3.8, 4) is 0 Å². The first-order chi connectivity index (χ1) is 8.72. The maximum absolute atomic E-state index is 11.7. The molecule has 0 bridgehead atoms. The summed E-state index contributed by atoms with van der Waals surface area (Å²) in [5, 5.41) is 3.05. The van der Waals surface area contributed by atoms with Crippen LogP contribution in [0.15, 0.2) is 0 Å². The summed E-state index contributed by atoms with van der Waals surface area (Å²) in [7, 11) is 0. The average molecular weight is 256 g/mol. The Morgan fingerprint density at radius 2 is 2.06 bits per heavy atom. The van der Waals surface area contributed by atoms with Crippen molar-refractivity contribution in [3.05, 3.63) is 0 Å². The Balaban J connectivity index is 2.19. The van der Waals surface area contributed by atoms with Crippen molar-refractivity contribution in [1.82, 2.24) is 5.32 Å². The van der Waals surface area contributed by atoms with Crippen LogP contribution >= 0.6 is 0 Å². The summed E-state index contributed by atoms with van der Waals surface area (Å²) in [5.74, 6) is 0.133. The predicted molar refractivity (Wildman–Crippen MR) is 73.3 cm³/mol. The third-order valence-corrected chi connectivity index (χ3v) is 3.90. The van der Waals surface area contributed by atoms with Crippen LogP contribution in [0.2, 0.25) is 0 Å². The van der Waals surface area contributed by atoms with Gasteiger partial charge in [-0.2, -0.15) is 0 Å². The molecule has 0 heterocycles. The SMILES string of the molecule is CCOCCCC(=O)NCC1(CN)CCCCC1. The molecule has 1 saturated carbocycles. The van der Waals surface area contributed by atoms with Crippen LogP contribution in [-0.2, 0) is 9.53 Å². The molecule has 18 heavy (non-hydrogen) atoms. The molecule has 3 N–H and O–H groups in total. The van der Waals surface area contributed by atoms with Gasteiger partial charge in [0.25, 0.3) is 0 Å². The van der Waals surface area contributed by atoms with Gasteiger partial charge in [0.15, 0.2) is 0 Å². The zero-order chi connectivity index (χ0) is 13.3. The van der Waals surface area contributed by atoms with Crippen LogP contribution in [0, 0.1) is 5.41 Å². The molecule has 0 aromatic carbocycles. The molecule has 1 fully saturated rings. The second-order valence-electron chi connectivity index (χ2n) is 5.34. The Labute approximate surface area is 111 Å². The molecule has 1 rings (SSSR count). The lowest BCUT2D eigenvalue weighted by Gasteiger charge is -2.36. The molecule has 106 valence electrons. The predicted octanol–water partition coefficient (Wildman–Crippen LogP) is 1.83. The van der Waals surface area contributed by atoms with Gasteiger partial charge in [-0.05, 0) is 38.1 Å². The molecule has 0 aromatic rings. The lowest BCUT2D eigenvalue weighted by atomic mass is 9.74. The van der Waals surface area contributed by atoms with Crippen molar-refractivity contribution in [2.24, 2.45) is 11.1 Å². The Morgan fingerprint density at radius 3 is 2.67 bits per heavy atom. The van der Waals surface area contributed by atoms with E-state index < -0.39 is 0 Å². The second kappa shape index (κ2) is 8.48. The molecule has 4 nitrogen and oxygen atoms in total. The van der Waals surface area contributed by atoms with Crippen LogP contribution in [0.4, 0.5) is 0 Å². The molecule has 4 heteroatoms. The van der Waals surface area contributed by atoms with Gasteiger partial charge in [-0.15, -0.1) is 0 Å². The highest BCUT2D eigenvalue weighted by Crippen LogP contribution is 2.34. The Kier molecular flexibility index (Phi) is 7.28. The van der Waals surface area contributed by atoms with E-state index in [0.717, 1.165) is 32.4 Å². The van der Waals surface area contributed by atoms with Crippen LogP contribution in [0.3, 0.4) is 0 Å². The van der Waals surface area contributed by atoms with Crippen LogP contribution in [0.5, 0.6) is 0 Å². The number of nitrogens with one attached hydrogen (secondary N) is 1. The average Bonchev–Trinajstić information content (AvgIpc) is 2.42. The van der Waals surface area contributed by atoms with Gasteiger partial charge < -0.3 is 15.8 Å². The van der Waals surface area contributed by atoms with Crippen molar-refractivity contribution in [2.75, 3.05) is 26.3 Å². The maximum Gasteiger partial charge on any atom is 0.220 e. The lowest BCUT2D eigenvalue weighted by Crippen LogP contribution is -2.43. The third-order valence-electron chi connectivity index (χ3n) is 3.90. The van der Waals surface area contributed by atoms with Crippen LogP contribution in [-0.4, -0.2) is 32.2 Å². The summed E-state index contributed by atoms with van der Waals surface area (Å²) in [6.45, 7) is 4.79. The maximum atomic E-state index is 11.7. The van der Waals surface area contributed by atoms with Crippen LogP contribution in [0.1, 0.15) is 51.9 Å². The summed E-state index contributed by atoms with van der Waals surface area (Å²) in [5.41, 5.74) is 6.05. The summed E-state index contributed by atoms with van der Waals surface area (Å²) in [4.78, 5) is 11.7. The fraction of sp³-hybridized carbons (Fsp3) is 0.929. The van der Waals surface area contributed by atoms with E-state index >= 15 is 0 Å². The number of rotatable bonds is 8. The summed E-state index contributed by atoms with van der Waals surface area (Å²) in [6, 6.07) is 0. The first-order valence-corrected chi connectivity index (χ1v) is 7.27. The van der Waals surface area contributed by atoms with Crippen molar-refractivity contribution in [2.45, 2.75) is 51.9 Å². The van der Waals surface area contributed by atoms with Gasteiger partial charge in [0.05, 0.1) is 0 Å². The minimum Gasteiger partial charge on any atom is -0.382 e. The number of amides is 1. The summed E-state index contributed by atoms with van der Waals surface area (Å²) in [6.07, 6.45) is 7.47. The lowest BCUT2D eigenvalue weighted by molar-refractivity contribution is -0.122. The molecule has 0 aliphatic heterocycles. The molecule has 0 spiro atoms. The van der Waals surface area contributed by atoms with E-state index in [0.29, 0.717) is 19.6 Å². The van der Waals surface area contributed by atoms with Gasteiger partial charge in [-0.1, -0.05) is 19.3 Å². The highest BCUT2D eigenvalue weighted by Gasteiger charge is 2.30. The molecule has 0 unspecified atom stereocenters. The van der Waals surface area contributed by atoms with Crippen molar-refractivity contribution < 1.29 is 9.53 Å². The van der Waals surface area contributed by atoms with E-state index in [-0.39, 0.29) is 11.3 Å². The molecule has 1 amide bonds. The number of carbonyl (C=O) groups excluding carboxylic acids is 1. The van der Waals surface area contributed by atoms with E-state index in [9.17, 15) is 4.79 Å². The van der Waals surface area contributed by atoms with Gasteiger partial charge in [0.1, 0.15) is 0 Å². The van der Waals surface area contributed by atoms with Crippen molar-refractivity contribution in [1.29, 1.82) is 0 Å². The quantitative estimate of drug-likeness (QED) is 0.651. The monoisotopic (exact) mass is 256 g/mol. The minimum absolute atomic E-state index is 0.133. The Morgan fingerprint density at radius 1 is 1.33 bits per heavy atom. The Bertz CT molecular complexity index is 238. The molecular formula is C14H28N2O2. The molecule has 1 aliphatic carbocycles. The van der Waals surface area contributed by atoms with Gasteiger partial charge in [-0.25, -0.2) is 0 Å². The number of hydrogen-bond donors (Lipinski definition) is 2. The fourth-order valence-electron chi connectivity index (χ4n) is 2.61. The van der Waals surface area contributed by atoms with Gasteiger partial charge in [0, 0.05) is 26.2 Å². The molecular weight excluding hydrogens is 228 g/mol. The normalized spacial score (nSPS) is 18.6. The molecule has 0 saturated heterocycles. The summed E-state index contributed by atoms with van der Waals surface area (Å²) < 4.78 is 5.22. The zero-order valence-corrected chi connectivity index (χ0v) is 11.7. The van der Waals surface area contributed by atoms with Crippen molar-refractivity contribution in [3.63, 3.8) is 0 Å². The zero-order valence-electron chi connectivity index (χ0n) is 11.7. The number of ether oxygens (including phenoxy) is 1. The van der Waals surface area contributed by atoms with Crippen LogP contribution < -0.4 is 11.1 Å². The highest BCUT2D eigenvalue weighted by molar-refractivity contribution is 5.75. The first-order valence-electron chi connectivity index (χ1n) is 7.27. The van der Waals surface area contributed by atoms with E-state index in [1.165, 1.54) is 19.3 Å². The summed E-state index contributed by atoms with van der Waals surface area (Å²) >= 11 is 0. The number of nitrogens with two attached hydrogens (primary N) is 1. The van der Waals surface area contributed by atoms with Gasteiger partial charge in [-0.3, -0.25) is 4.79 Å². The van der Waals surface area contributed by atoms with Gasteiger partial charge in [0.2, 0.25) is 5.91 Å². The topological polar surface area (TPSA) is 64.3 Å². The largest absolute Gasteiger partial charge is 0.382 e. The van der Waals surface area contributed by atoms with E-state index in [1.807, 2.05) is 6.92 Å². The van der Waals surface area contributed by atoms with E-state index in [2.05, 4.69) is 5.32 Å². The first kappa shape index (κ1) is 15.4. The van der Waals surface area contributed by atoms with E-state index in [1.54, 1.807) is 0 Å². The Hall–Kier alpha value is -0.610. The van der Waals surface area contributed by atoms with E-state index in [4.69, 9.17) is 10.5 Å². The third kappa shape index (κ3) is 5.36. The van der Waals surface area contributed by atoms with Gasteiger partial charge >= 0.3 is 0 Å². The molecule has 0 aromatic heterocycles. The second-order valence-corrected chi connectivity index (χ2v) is 5.34. The fourth-order valence-corrected chi connectivity index (χ4v) is 2.61. The number of carbonyl (C=O) groups is 1. The van der Waals surface area contributed by atoms with Crippen LogP contribution in [0.25, 0.3) is 0 Å². The minimum atomic E-state index is 0.133. The molecule has 1 aliphatic rings. The smallest absolute Gasteiger partial charge is 0.220 e.